The third-order valence-electron chi connectivity index (χ3n) is 3.80. The molecule has 2 atom stereocenters. The van der Waals surface area contributed by atoms with Crippen LogP contribution in [0.5, 0.6) is 0 Å². The van der Waals surface area contributed by atoms with Gasteiger partial charge in [-0.1, -0.05) is 18.2 Å². The van der Waals surface area contributed by atoms with Gasteiger partial charge in [0.15, 0.2) is 11.1 Å². The number of benzene rings is 1. The molecule has 4 N–H and O–H groups in total. The number of nitrogens with one attached hydrogen (secondary N) is 2. The summed E-state index contributed by atoms with van der Waals surface area (Å²) in [5.74, 6) is -3.53. The van der Waals surface area contributed by atoms with E-state index in [4.69, 9.17) is 14.6 Å². The Bertz CT molecular complexity index is 929. The van der Waals surface area contributed by atoms with Gasteiger partial charge in [0.25, 0.3) is 0 Å². The number of nitrogens with zero attached hydrogens (tertiary/aromatic N) is 1. The van der Waals surface area contributed by atoms with Crippen LogP contribution in [0.1, 0.15) is 21.2 Å². The Labute approximate surface area is 161 Å². The van der Waals surface area contributed by atoms with Crippen molar-refractivity contribution in [1.82, 2.24) is 10.6 Å². The molecule has 0 aliphatic carbocycles. The summed E-state index contributed by atoms with van der Waals surface area (Å²) < 4.78 is 39.3. The van der Waals surface area contributed by atoms with E-state index in [0.717, 1.165) is 7.11 Å². The van der Waals surface area contributed by atoms with Gasteiger partial charge in [0.2, 0.25) is 15.9 Å². The minimum atomic E-state index is -4.49. The largest absolute Gasteiger partial charge is 0.482 e. The van der Waals surface area contributed by atoms with Gasteiger partial charge < -0.3 is 14.2 Å². The van der Waals surface area contributed by atoms with Gasteiger partial charge in [-0.3, -0.25) is 15.4 Å². The maximum absolute atomic E-state index is 12.9. The van der Waals surface area contributed by atoms with Crippen molar-refractivity contribution in [2.75, 3.05) is 21.3 Å². The number of aliphatic imine (C=N–C) groups is 1. The molecule has 152 valence electrons. The molecule has 1 amide bonds. The zero-order valence-electron chi connectivity index (χ0n) is 15.3. The number of hydrogen-bond donors (Lipinski definition) is 3. The number of nitrogens with two attached hydrogens (primary N) is 1. The first kappa shape index (κ1) is 21.3. The van der Waals surface area contributed by atoms with Crippen molar-refractivity contribution in [1.29, 1.82) is 0 Å². The Morgan fingerprint density at radius 2 is 1.93 bits per heavy atom. The third kappa shape index (κ3) is 4.47. The number of methoxy groups -OCH3 is 3. The minimum Gasteiger partial charge on any atom is -0.482 e. The fraction of sp³-hybridized carbons (Fsp3) is 0.312. The number of amides is 1. The van der Waals surface area contributed by atoms with Gasteiger partial charge in [-0.2, -0.15) is 0 Å². The number of carbonyl (C=O) groups excluding carboxylic acids is 2. The van der Waals surface area contributed by atoms with Crippen molar-refractivity contribution < 1.29 is 32.2 Å². The monoisotopic (exact) mass is 412 g/mol. The van der Waals surface area contributed by atoms with Crippen LogP contribution in [0.3, 0.4) is 0 Å². The quantitative estimate of drug-likeness (QED) is 0.393. The standard InChI is InChI=1S/C16H20N4O7S/c1-25-12-8-9-18-16(19-12,27-3)20-14(21)13(28(17,23)24)10-6-4-5-7-11(10)15(22)26-2/h4-9,13,19H,1-3H3,(H,20,21)(H2,17,23,24). The van der Waals surface area contributed by atoms with Crippen molar-refractivity contribution in [3.05, 3.63) is 47.4 Å². The lowest BCUT2D eigenvalue weighted by atomic mass is 10.0. The number of esters is 1. The summed E-state index contributed by atoms with van der Waals surface area (Å²) in [7, 11) is -0.749. The molecular formula is C16H20N4O7S. The van der Waals surface area contributed by atoms with E-state index in [1.807, 2.05) is 0 Å². The van der Waals surface area contributed by atoms with Crippen molar-refractivity contribution in [3.63, 3.8) is 0 Å². The van der Waals surface area contributed by atoms with Crippen molar-refractivity contribution in [2.45, 2.75) is 11.2 Å². The van der Waals surface area contributed by atoms with Crippen LogP contribution >= 0.6 is 0 Å². The van der Waals surface area contributed by atoms with E-state index in [9.17, 15) is 18.0 Å². The number of primary sulfonamides is 1. The van der Waals surface area contributed by atoms with Gasteiger partial charge in [-0.25, -0.2) is 23.3 Å². The van der Waals surface area contributed by atoms with Crippen LogP contribution in [0.2, 0.25) is 0 Å². The molecule has 11 nitrogen and oxygen atoms in total. The maximum Gasteiger partial charge on any atom is 0.338 e. The maximum atomic E-state index is 12.9. The topological polar surface area (TPSA) is 158 Å². The third-order valence-corrected chi connectivity index (χ3v) is 4.92. The molecule has 28 heavy (non-hydrogen) atoms. The second-order valence-electron chi connectivity index (χ2n) is 5.52. The number of allylic oxidation sites excluding steroid dienone is 1. The predicted octanol–water partition coefficient (Wildman–Crippen LogP) is -0.661. The summed E-state index contributed by atoms with van der Waals surface area (Å²) >= 11 is 0. The highest BCUT2D eigenvalue weighted by Gasteiger charge is 2.41. The molecule has 0 fully saturated rings. The highest BCUT2D eigenvalue weighted by atomic mass is 32.2. The van der Waals surface area contributed by atoms with Crippen LogP contribution < -0.4 is 15.8 Å². The first-order chi connectivity index (χ1) is 13.2. The fourth-order valence-electron chi connectivity index (χ4n) is 2.51. The van der Waals surface area contributed by atoms with Crippen LogP contribution in [0.4, 0.5) is 0 Å². The van der Waals surface area contributed by atoms with Crippen LogP contribution in [0, 0.1) is 0 Å². The summed E-state index contributed by atoms with van der Waals surface area (Å²) in [4.78, 5) is 28.9. The van der Waals surface area contributed by atoms with Crippen molar-refractivity contribution in [3.8, 4) is 0 Å². The van der Waals surface area contributed by atoms with Gasteiger partial charge in [-0.05, 0) is 11.6 Å². The zero-order valence-corrected chi connectivity index (χ0v) is 16.1. The smallest absolute Gasteiger partial charge is 0.338 e. The highest BCUT2D eigenvalue weighted by molar-refractivity contribution is 7.90. The van der Waals surface area contributed by atoms with Crippen LogP contribution in [-0.2, 0) is 29.0 Å². The Balaban J connectivity index is 2.46. The zero-order chi connectivity index (χ0) is 20.9. The number of carbonyl (C=O) groups is 2. The van der Waals surface area contributed by atoms with Crippen molar-refractivity contribution in [2.24, 2.45) is 10.1 Å². The van der Waals surface area contributed by atoms with E-state index in [2.05, 4.69) is 20.4 Å². The summed E-state index contributed by atoms with van der Waals surface area (Å²) in [5.41, 5.74) is -0.272. The van der Waals surface area contributed by atoms with E-state index < -0.39 is 33.1 Å². The summed E-state index contributed by atoms with van der Waals surface area (Å²) in [6.45, 7) is 0. The van der Waals surface area contributed by atoms with E-state index in [-0.39, 0.29) is 17.0 Å². The number of ether oxygens (including phenoxy) is 3. The molecule has 0 aromatic heterocycles. The second kappa shape index (κ2) is 8.37. The lowest BCUT2D eigenvalue weighted by Crippen LogP contribution is -2.61. The molecule has 0 saturated carbocycles. The van der Waals surface area contributed by atoms with Gasteiger partial charge in [0, 0.05) is 19.4 Å². The Morgan fingerprint density at radius 3 is 2.50 bits per heavy atom. The van der Waals surface area contributed by atoms with Gasteiger partial charge in [-0.15, -0.1) is 0 Å². The molecule has 1 aromatic carbocycles. The number of sulfonamides is 1. The highest BCUT2D eigenvalue weighted by Crippen LogP contribution is 2.26. The molecule has 12 heteroatoms. The predicted molar refractivity (Wildman–Crippen MR) is 98.2 cm³/mol. The van der Waals surface area contributed by atoms with E-state index in [1.165, 1.54) is 50.8 Å². The average Bonchev–Trinajstić information content (AvgIpc) is 2.66. The fourth-order valence-corrected chi connectivity index (χ4v) is 3.43. The van der Waals surface area contributed by atoms with E-state index in [0.29, 0.717) is 0 Å². The Kier molecular flexibility index (Phi) is 6.38. The molecular weight excluding hydrogens is 392 g/mol. The molecule has 0 saturated heterocycles. The second-order valence-corrected chi connectivity index (χ2v) is 7.17. The molecule has 1 aliphatic heterocycles. The first-order valence-corrected chi connectivity index (χ1v) is 9.42. The lowest BCUT2D eigenvalue weighted by Gasteiger charge is -2.33. The minimum absolute atomic E-state index is 0.122. The van der Waals surface area contributed by atoms with Gasteiger partial charge >= 0.3 is 11.9 Å². The number of hydrogen-bond acceptors (Lipinski definition) is 9. The van der Waals surface area contributed by atoms with E-state index in [1.54, 1.807) is 0 Å². The van der Waals surface area contributed by atoms with Crippen LogP contribution in [-0.4, -0.2) is 53.8 Å². The molecule has 2 rings (SSSR count). The average molecular weight is 412 g/mol. The van der Waals surface area contributed by atoms with Gasteiger partial charge in [0.05, 0.1) is 19.8 Å². The Morgan fingerprint density at radius 1 is 1.25 bits per heavy atom. The Hall–Kier alpha value is -2.96. The van der Waals surface area contributed by atoms with E-state index >= 15 is 0 Å². The normalized spacial score (nSPS) is 19.8. The molecule has 0 radical (unpaired) electrons. The van der Waals surface area contributed by atoms with Crippen LogP contribution in [0.25, 0.3) is 0 Å². The molecule has 1 aromatic rings. The summed E-state index contributed by atoms with van der Waals surface area (Å²) in [6.07, 6.45) is 2.76. The molecule has 1 heterocycles. The first-order valence-electron chi connectivity index (χ1n) is 7.81. The number of rotatable bonds is 7. The van der Waals surface area contributed by atoms with Crippen LogP contribution in [0.15, 0.2) is 41.2 Å². The SMILES string of the molecule is COC(=O)c1ccccc1C(C(=O)NC1(OC)N=CC=C(OC)N1)S(N)(=O)=O. The molecule has 0 bridgehead atoms. The lowest BCUT2D eigenvalue weighted by molar-refractivity contribution is -0.134. The molecule has 1 aliphatic rings. The van der Waals surface area contributed by atoms with Gasteiger partial charge in [0.1, 0.15) is 0 Å². The molecule has 0 spiro atoms. The van der Waals surface area contributed by atoms with Crippen molar-refractivity contribution >= 4 is 28.1 Å². The molecule has 2 unspecified atom stereocenters. The summed E-state index contributed by atoms with van der Waals surface area (Å²) in [6, 6.07) is 5.56. The summed E-state index contributed by atoms with van der Waals surface area (Å²) in [5, 5.41) is 8.36.